The first-order valence-electron chi connectivity index (χ1n) is 7.45. The molecule has 4 nitrogen and oxygen atoms in total. The molecule has 2 fully saturated rings. The molecule has 2 rings (SSSR count). The van der Waals surface area contributed by atoms with E-state index in [1.807, 2.05) is 0 Å². The number of fused-ring (bicyclic) bond motifs is 1. The molecular formula is C14H26O4Si. The summed E-state index contributed by atoms with van der Waals surface area (Å²) in [7, 11) is 0.856. The summed E-state index contributed by atoms with van der Waals surface area (Å²) in [6.07, 6.45) is 6.11. The van der Waals surface area contributed by atoms with Crippen LogP contribution in [0.4, 0.5) is 0 Å². The van der Waals surface area contributed by atoms with Gasteiger partial charge in [0.05, 0.1) is 12.2 Å². The number of hydrogen-bond donors (Lipinski definition) is 0. The fraction of sp³-hybridized carbons (Fsp3) is 0.929. The van der Waals surface area contributed by atoms with Crippen molar-refractivity contribution in [3.63, 3.8) is 0 Å². The molecule has 0 aromatic heterocycles. The van der Waals surface area contributed by atoms with Crippen molar-refractivity contribution in [1.82, 2.24) is 0 Å². The Morgan fingerprint density at radius 2 is 2.16 bits per heavy atom. The molecule has 1 heterocycles. The number of epoxide rings is 1. The molecule has 0 amide bonds. The van der Waals surface area contributed by atoms with Gasteiger partial charge in [-0.1, -0.05) is 13.8 Å². The zero-order valence-corrected chi connectivity index (χ0v) is 13.7. The fourth-order valence-electron chi connectivity index (χ4n) is 2.81. The van der Waals surface area contributed by atoms with Crippen LogP contribution in [0.2, 0.25) is 5.54 Å². The Balaban J connectivity index is 1.67. The van der Waals surface area contributed by atoms with Gasteiger partial charge >= 0.3 is 5.97 Å². The van der Waals surface area contributed by atoms with Crippen molar-refractivity contribution in [1.29, 1.82) is 0 Å². The lowest BCUT2D eigenvalue weighted by atomic mass is 9.85. The highest BCUT2D eigenvalue weighted by Crippen LogP contribution is 2.41. The van der Waals surface area contributed by atoms with E-state index in [9.17, 15) is 4.79 Å². The van der Waals surface area contributed by atoms with Gasteiger partial charge in [0.25, 0.3) is 0 Å². The lowest BCUT2D eigenvalue weighted by Gasteiger charge is -2.21. The maximum atomic E-state index is 11.9. The molecule has 1 saturated heterocycles. The average molecular weight is 286 g/mol. The summed E-state index contributed by atoms with van der Waals surface area (Å²) in [5.74, 6) is 0.538. The minimum Gasteiger partial charge on any atom is -0.523 e. The summed E-state index contributed by atoms with van der Waals surface area (Å²) >= 11 is 0. The molecule has 19 heavy (non-hydrogen) atoms. The molecule has 0 N–H and O–H groups in total. The lowest BCUT2D eigenvalue weighted by Crippen LogP contribution is -2.28. The third kappa shape index (κ3) is 4.58. The van der Waals surface area contributed by atoms with Gasteiger partial charge in [-0.3, -0.25) is 4.79 Å². The molecule has 1 saturated carbocycles. The Morgan fingerprint density at radius 3 is 2.79 bits per heavy atom. The first-order valence-corrected chi connectivity index (χ1v) is 8.84. The van der Waals surface area contributed by atoms with Gasteiger partial charge in [-0.15, -0.1) is 0 Å². The van der Waals surface area contributed by atoms with E-state index < -0.39 is 9.76 Å². The Bertz CT molecular complexity index is 308. The molecule has 0 spiro atoms. The Hall–Kier alpha value is -0.393. The van der Waals surface area contributed by atoms with Gasteiger partial charge < -0.3 is 13.9 Å². The number of carbonyl (C=O) groups excluding carboxylic acids is 1. The van der Waals surface area contributed by atoms with Crippen LogP contribution in [0.25, 0.3) is 0 Å². The van der Waals surface area contributed by atoms with Gasteiger partial charge in [0.2, 0.25) is 9.76 Å². The van der Waals surface area contributed by atoms with E-state index in [4.69, 9.17) is 13.9 Å². The topological polar surface area (TPSA) is 48.1 Å². The minimum absolute atomic E-state index is 0.153. The van der Waals surface area contributed by atoms with E-state index in [-0.39, 0.29) is 12.1 Å². The third-order valence-corrected chi connectivity index (χ3v) is 5.17. The fourth-order valence-corrected chi connectivity index (χ4v) is 3.49. The largest absolute Gasteiger partial charge is 0.523 e. The quantitative estimate of drug-likeness (QED) is 0.529. The molecule has 110 valence electrons. The maximum absolute atomic E-state index is 11.9. The van der Waals surface area contributed by atoms with Crippen LogP contribution in [0.5, 0.6) is 0 Å². The lowest BCUT2D eigenvalue weighted by molar-refractivity contribution is -0.146. The van der Waals surface area contributed by atoms with Crippen LogP contribution in [-0.2, 0) is 18.7 Å². The molecule has 4 atom stereocenters. The number of rotatable bonds is 7. The number of carbonyl (C=O) groups is 1. The average Bonchev–Trinajstić information content (AvgIpc) is 3.15. The van der Waals surface area contributed by atoms with Crippen LogP contribution >= 0.6 is 0 Å². The molecule has 0 aromatic rings. The Morgan fingerprint density at radius 1 is 1.37 bits per heavy atom. The maximum Gasteiger partial charge on any atom is 0.321 e. The number of hydrogen-bond acceptors (Lipinski definition) is 4. The molecule has 1 aliphatic heterocycles. The first kappa shape index (κ1) is 15.0. The summed E-state index contributed by atoms with van der Waals surface area (Å²) in [6, 6.07) is 0. The highest BCUT2D eigenvalue weighted by molar-refractivity contribution is 6.32. The van der Waals surface area contributed by atoms with Crippen LogP contribution in [0, 0.1) is 5.92 Å². The molecule has 4 unspecified atom stereocenters. The predicted molar refractivity (Wildman–Crippen MR) is 75.8 cm³/mol. The standard InChI is InChI=1S/C14H26O4Si/c1-9(2)19-18-14(15)12(16-3)7-5-10-4-6-11-13(8-10)17-11/h9-13H,4-8,19H2,1-3H3. The van der Waals surface area contributed by atoms with E-state index >= 15 is 0 Å². The summed E-state index contributed by atoms with van der Waals surface area (Å²) in [5.41, 5.74) is 0.503. The normalized spacial score (nSPS) is 31.5. The molecule has 5 heteroatoms. The molecule has 0 radical (unpaired) electrons. The molecular weight excluding hydrogens is 260 g/mol. The van der Waals surface area contributed by atoms with Crippen molar-refractivity contribution in [3.05, 3.63) is 0 Å². The van der Waals surface area contributed by atoms with Gasteiger partial charge in [0.1, 0.15) is 0 Å². The van der Waals surface area contributed by atoms with E-state index in [1.54, 1.807) is 7.11 Å². The van der Waals surface area contributed by atoms with E-state index in [0.717, 1.165) is 19.3 Å². The summed E-state index contributed by atoms with van der Waals surface area (Å²) in [5, 5.41) is 0. The SMILES string of the molecule is COC(CCC1CCC2OC2C1)C(=O)O[SiH2]C(C)C. The second-order valence-corrected chi connectivity index (χ2v) is 8.47. The van der Waals surface area contributed by atoms with Crippen LogP contribution in [0.3, 0.4) is 0 Å². The minimum atomic E-state index is -0.745. The molecule has 0 aromatic carbocycles. The molecule has 1 aliphatic carbocycles. The Kier molecular flexibility index (Phi) is 5.42. The van der Waals surface area contributed by atoms with Gasteiger partial charge in [0, 0.05) is 7.11 Å². The summed E-state index contributed by atoms with van der Waals surface area (Å²) < 4.78 is 16.2. The zero-order chi connectivity index (χ0) is 13.8. The number of methoxy groups -OCH3 is 1. The van der Waals surface area contributed by atoms with E-state index in [0.29, 0.717) is 23.7 Å². The smallest absolute Gasteiger partial charge is 0.321 e. The zero-order valence-electron chi connectivity index (χ0n) is 12.3. The summed E-state index contributed by atoms with van der Waals surface area (Å²) in [4.78, 5) is 11.9. The van der Waals surface area contributed by atoms with Crippen molar-refractivity contribution in [3.8, 4) is 0 Å². The monoisotopic (exact) mass is 286 g/mol. The number of ether oxygens (including phenoxy) is 2. The summed E-state index contributed by atoms with van der Waals surface area (Å²) in [6.45, 7) is 4.19. The van der Waals surface area contributed by atoms with Gasteiger partial charge in [-0.2, -0.15) is 0 Å². The van der Waals surface area contributed by atoms with Crippen molar-refractivity contribution in [2.75, 3.05) is 7.11 Å². The molecule has 2 aliphatic rings. The van der Waals surface area contributed by atoms with Crippen molar-refractivity contribution < 1.29 is 18.7 Å². The predicted octanol–water partition coefficient (Wildman–Crippen LogP) is 1.80. The van der Waals surface area contributed by atoms with Gasteiger partial charge in [0.15, 0.2) is 6.10 Å². The highest BCUT2D eigenvalue weighted by atomic mass is 28.2. The van der Waals surface area contributed by atoms with Gasteiger partial charge in [-0.25, -0.2) is 0 Å². The van der Waals surface area contributed by atoms with Crippen molar-refractivity contribution >= 4 is 15.7 Å². The van der Waals surface area contributed by atoms with Crippen LogP contribution < -0.4 is 0 Å². The van der Waals surface area contributed by atoms with Gasteiger partial charge in [-0.05, 0) is 43.6 Å². The third-order valence-electron chi connectivity index (χ3n) is 4.06. The van der Waals surface area contributed by atoms with Crippen LogP contribution in [0.15, 0.2) is 0 Å². The van der Waals surface area contributed by atoms with Crippen molar-refractivity contribution in [2.24, 2.45) is 5.92 Å². The second-order valence-electron chi connectivity index (χ2n) is 6.22. The Labute approximate surface area is 118 Å². The van der Waals surface area contributed by atoms with E-state index in [1.165, 1.54) is 12.8 Å². The van der Waals surface area contributed by atoms with Crippen LogP contribution in [0.1, 0.15) is 46.0 Å². The van der Waals surface area contributed by atoms with Crippen molar-refractivity contribution in [2.45, 2.75) is 69.8 Å². The molecule has 0 bridgehead atoms. The second kappa shape index (κ2) is 6.86. The first-order chi connectivity index (χ1) is 9.10. The van der Waals surface area contributed by atoms with Crippen LogP contribution in [-0.4, -0.2) is 41.2 Å². The highest BCUT2D eigenvalue weighted by Gasteiger charge is 2.43. The van der Waals surface area contributed by atoms with E-state index in [2.05, 4.69) is 13.8 Å².